The van der Waals surface area contributed by atoms with Crippen molar-refractivity contribution in [1.82, 2.24) is 24.4 Å². The first kappa shape index (κ1) is 30.2. The molecule has 45 heavy (non-hydrogen) atoms. The molecule has 1 saturated heterocycles. The quantitative estimate of drug-likeness (QED) is 0.282. The molecule has 1 aliphatic heterocycles. The molecule has 0 bridgehead atoms. The van der Waals surface area contributed by atoms with E-state index in [1.165, 1.54) is 10.6 Å². The number of rotatable bonds is 4. The maximum absolute atomic E-state index is 15.1. The first-order valence-electron chi connectivity index (χ1n) is 15.2. The Morgan fingerprint density at radius 3 is 2.51 bits per heavy atom. The Morgan fingerprint density at radius 2 is 1.87 bits per heavy atom. The number of anilines is 1. The van der Waals surface area contributed by atoms with E-state index < -0.39 is 22.6 Å². The molecule has 1 saturated carbocycles. The molecule has 232 valence electrons. The summed E-state index contributed by atoms with van der Waals surface area (Å²) in [6, 6.07) is 11.8. The molecule has 4 aromatic rings. The SMILES string of the molecule is Cc1ccnc(C(C)C)c1-n1c(=O)nc(N2CCN(C(=O)OC(C)(C)C)CC23CC3)c2cc(C#N)c(-c3ccccc3F)nc21. The van der Waals surface area contributed by atoms with Gasteiger partial charge in [-0.05, 0) is 76.3 Å². The van der Waals surface area contributed by atoms with Crippen LogP contribution in [0.2, 0.25) is 0 Å². The first-order valence-corrected chi connectivity index (χ1v) is 15.2. The number of benzene rings is 1. The van der Waals surface area contributed by atoms with Crippen molar-refractivity contribution < 1.29 is 13.9 Å². The fourth-order valence-electron chi connectivity index (χ4n) is 6.13. The van der Waals surface area contributed by atoms with E-state index in [9.17, 15) is 14.9 Å². The van der Waals surface area contributed by atoms with E-state index in [4.69, 9.17) is 9.72 Å². The first-order chi connectivity index (χ1) is 21.3. The number of nitrogens with zero attached hydrogens (tertiary/aromatic N) is 7. The minimum Gasteiger partial charge on any atom is -0.444 e. The van der Waals surface area contributed by atoms with Gasteiger partial charge in [0.2, 0.25) is 0 Å². The van der Waals surface area contributed by atoms with Gasteiger partial charge in [-0.15, -0.1) is 0 Å². The topological polar surface area (TPSA) is 117 Å². The molecular weight excluding hydrogens is 573 g/mol. The summed E-state index contributed by atoms with van der Waals surface area (Å²) < 4.78 is 22.2. The van der Waals surface area contributed by atoms with E-state index in [1.54, 1.807) is 35.4 Å². The van der Waals surface area contributed by atoms with Gasteiger partial charge in [-0.3, -0.25) is 4.98 Å². The fourth-order valence-corrected chi connectivity index (χ4v) is 6.13. The highest BCUT2D eigenvalue weighted by Gasteiger charge is 2.53. The van der Waals surface area contributed by atoms with Gasteiger partial charge in [0.15, 0.2) is 5.65 Å². The number of ether oxygens (including phenoxy) is 1. The van der Waals surface area contributed by atoms with Crippen molar-refractivity contribution >= 4 is 22.9 Å². The van der Waals surface area contributed by atoms with Crippen LogP contribution in [-0.2, 0) is 4.74 Å². The summed E-state index contributed by atoms with van der Waals surface area (Å²) >= 11 is 0. The van der Waals surface area contributed by atoms with E-state index in [-0.39, 0.29) is 34.5 Å². The van der Waals surface area contributed by atoms with E-state index in [2.05, 4.69) is 20.9 Å². The maximum atomic E-state index is 15.1. The molecule has 4 heterocycles. The van der Waals surface area contributed by atoms with Gasteiger partial charge >= 0.3 is 11.8 Å². The molecule has 0 N–H and O–H groups in total. The zero-order valence-corrected chi connectivity index (χ0v) is 26.4. The minimum absolute atomic E-state index is 0.0263. The predicted molar refractivity (Wildman–Crippen MR) is 169 cm³/mol. The molecule has 1 aliphatic carbocycles. The summed E-state index contributed by atoms with van der Waals surface area (Å²) in [6.45, 7) is 12.6. The largest absolute Gasteiger partial charge is 0.444 e. The van der Waals surface area contributed by atoms with Gasteiger partial charge in [0, 0.05) is 31.4 Å². The van der Waals surface area contributed by atoms with Gasteiger partial charge in [0.05, 0.1) is 33.6 Å². The number of pyridine rings is 2. The van der Waals surface area contributed by atoms with Crippen LogP contribution in [0.3, 0.4) is 0 Å². The third kappa shape index (κ3) is 5.39. The summed E-state index contributed by atoms with van der Waals surface area (Å²) in [4.78, 5) is 45.1. The van der Waals surface area contributed by atoms with E-state index in [1.807, 2.05) is 47.6 Å². The third-order valence-electron chi connectivity index (χ3n) is 8.41. The van der Waals surface area contributed by atoms with Crippen LogP contribution >= 0.6 is 0 Å². The van der Waals surface area contributed by atoms with E-state index >= 15 is 4.39 Å². The van der Waals surface area contributed by atoms with Gasteiger partial charge in [-0.1, -0.05) is 26.0 Å². The number of nitriles is 1. The number of amides is 1. The number of carbonyl (C=O) groups excluding carboxylic acids is 1. The lowest BCUT2D eigenvalue weighted by Crippen LogP contribution is -2.58. The second kappa shape index (κ2) is 10.9. The maximum Gasteiger partial charge on any atom is 0.410 e. The monoisotopic (exact) mass is 609 g/mol. The summed E-state index contributed by atoms with van der Waals surface area (Å²) in [6.07, 6.45) is 2.92. The van der Waals surface area contributed by atoms with Crippen LogP contribution in [0.15, 0.2) is 47.4 Å². The normalized spacial score (nSPS) is 15.9. The minimum atomic E-state index is -0.623. The summed E-state index contributed by atoms with van der Waals surface area (Å²) in [7, 11) is 0. The van der Waals surface area contributed by atoms with Crippen LogP contribution in [0.1, 0.15) is 70.2 Å². The number of piperazine rings is 1. The smallest absolute Gasteiger partial charge is 0.410 e. The van der Waals surface area contributed by atoms with Crippen molar-refractivity contribution in [2.75, 3.05) is 24.5 Å². The van der Waals surface area contributed by atoms with Crippen LogP contribution in [0, 0.1) is 24.1 Å². The molecular formula is C34H36FN7O3. The van der Waals surface area contributed by atoms with Gasteiger partial charge in [-0.2, -0.15) is 10.2 Å². The number of hydrogen-bond donors (Lipinski definition) is 0. The third-order valence-corrected chi connectivity index (χ3v) is 8.41. The zero-order valence-electron chi connectivity index (χ0n) is 26.4. The fraction of sp³-hybridized carbons (Fsp3) is 0.412. The van der Waals surface area contributed by atoms with Crippen molar-refractivity contribution in [1.29, 1.82) is 5.26 Å². The van der Waals surface area contributed by atoms with Crippen molar-refractivity contribution in [2.45, 2.75) is 71.4 Å². The van der Waals surface area contributed by atoms with Crippen LogP contribution in [0.25, 0.3) is 28.0 Å². The molecule has 11 heteroatoms. The summed E-state index contributed by atoms with van der Waals surface area (Å²) in [5.74, 6) is -0.162. The Morgan fingerprint density at radius 1 is 1.13 bits per heavy atom. The molecule has 0 atom stereocenters. The molecule has 6 rings (SSSR count). The molecule has 3 aromatic heterocycles. The number of fused-ring (bicyclic) bond motifs is 1. The van der Waals surface area contributed by atoms with Crippen molar-refractivity contribution in [3.8, 4) is 23.0 Å². The van der Waals surface area contributed by atoms with Crippen molar-refractivity contribution in [2.24, 2.45) is 0 Å². The highest BCUT2D eigenvalue weighted by atomic mass is 19.1. The molecule has 0 unspecified atom stereocenters. The van der Waals surface area contributed by atoms with E-state index in [0.717, 1.165) is 18.4 Å². The van der Waals surface area contributed by atoms with E-state index in [0.29, 0.717) is 42.2 Å². The average molecular weight is 610 g/mol. The molecule has 2 aliphatic rings. The Labute approximate surface area is 261 Å². The molecule has 1 spiro atoms. The lowest BCUT2D eigenvalue weighted by atomic mass is 10.0. The number of carbonyl (C=O) groups is 1. The molecule has 10 nitrogen and oxygen atoms in total. The summed E-state index contributed by atoms with van der Waals surface area (Å²) in [5.41, 5.74) is 1.15. The molecule has 2 fully saturated rings. The Bertz CT molecular complexity index is 1940. The second-order valence-electron chi connectivity index (χ2n) is 13.2. The lowest BCUT2D eigenvalue weighted by molar-refractivity contribution is 0.0205. The highest BCUT2D eigenvalue weighted by Crippen LogP contribution is 2.47. The number of halogens is 1. The second-order valence-corrected chi connectivity index (χ2v) is 13.2. The van der Waals surface area contributed by atoms with Gasteiger partial charge < -0.3 is 14.5 Å². The standard InChI is InChI=1S/C34H36FN7O3/c1-20(2)26-28(21(3)11-14-37-26)42-30-24(17-22(18-36)27(38-30)23-9-7-8-10-25(23)35)29(39-31(42)43)41-16-15-40(19-34(41)12-13-34)32(44)45-33(4,5)6/h7-11,14,17,20H,12-13,15-16,19H2,1-6H3. The Balaban J connectivity index is 1.59. The zero-order chi connectivity index (χ0) is 32.3. The highest BCUT2D eigenvalue weighted by molar-refractivity contribution is 5.92. The van der Waals surface area contributed by atoms with Crippen LogP contribution in [0.4, 0.5) is 15.0 Å². The van der Waals surface area contributed by atoms with Crippen LogP contribution < -0.4 is 10.6 Å². The number of hydrogen-bond acceptors (Lipinski definition) is 8. The van der Waals surface area contributed by atoms with Gasteiger partial charge in [-0.25, -0.2) is 23.5 Å². The number of aryl methyl sites for hydroxylation is 1. The Kier molecular flexibility index (Phi) is 7.34. The van der Waals surface area contributed by atoms with Crippen LogP contribution in [0.5, 0.6) is 0 Å². The van der Waals surface area contributed by atoms with Gasteiger partial charge in [0.25, 0.3) is 0 Å². The molecule has 0 radical (unpaired) electrons. The average Bonchev–Trinajstić information content (AvgIpc) is 3.75. The predicted octanol–water partition coefficient (Wildman–Crippen LogP) is 5.88. The van der Waals surface area contributed by atoms with Crippen molar-refractivity contribution in [3.05, 3.63) is 75.7 Å². The lowest BCUT2D eigenvalue weighted by Gasteiger charge is -2.43. The summed E-state index contributed by atoms with van der Waals surface area (Å²) in [5, 5.41) is 10.7. The van der Waals surface area contributed by atoms with Crippen LogP contribution in [-0.4, -0.2) is 61.3 Å². The van der Waals surface area contributed by atoms with Crippen molar-refractivity contribution in [3.63, 3.8) is 0 Å². The number of aromatic nitrogens is 4. The molecule has 1 aromatic carbocycles. The molecule has 1 amide bonds. The Hall–Kier alpha value is -4.85. The van der Waals surface area contributed by atoms with Gasteiger partial charge in [0.1, 0.15) is 23.3 Å².